The molecule has 0 spiro atoms. The average molecular weight is 463 g/mol. The standard InChI is InChI=1S/C23H27ClN2O6/c1-23(2,3)32-22(29)25-13-15-5-7-19(24)18(11-15)21(28)26-17-6-8-20(16(12-17)14-27)31-10-9-30-4/h5-8,11-12,14H,9-10,13H2,1-4H3,(H,25,29)(H,26,28). The second kappa shape index (κ2) is 11.5. The molecule has 0 aromatic heterocycles. The molecule has 0 fully saturated rings. The molecule has 0 aliphatic heterocycles. The number of aldehydes is 1. The molecule has 2 rings (SSSR count). The fourth-order valence-corrected chi connectivity index (χ4v) is 2.83. The highest BCUT2D eigenvalue weighted by molar-refractivity contribution is 6.34. The first-order valence-electron chi connectivity index (χ1n) is 9.90. The normalized spacial score (nSPS) is 10.9. The average Bonchev–Trinajstić information content (AvgIpc) is 2.72. The number of carbonyl (C=O) groups excluding carboxylic acids is 3. The van der Waals surface area contributed by atoms with E-state index in [1.165, 1.54) is 6.07 Å². The van der Waals surface area contributed by atoms with Crippen molar-refractivity contribution in [2.24, 2.45) is 0 Å². The molecule has 0 bridgehead atoms. The van der Waals surface area contributed by atoms with Crippen molar-refractivity contribution in [3.05, 3.63) is 58.1 Å². The Labute approximate surface area is 192 Å². The number of nitrogens with one attached hydrogen (secondary N) is 2. The van der Waals surface area contributed by atoms with Gasteiger partial charge in [-0.3, -0.25) is 9.59 Å². The third-order valence-corrected chi connectivity index (χ3v) is 4.38. The highest BCUT2D eigenvalue weighted by atomic mass is 35.5. The molecule has 0 saturated carbocycles. The van der Waals surface area contributed by atoms with Crippen LogP contribution in [0.4, 0.5) is 10.5 Å². The van der Waals surface area contributed by atoms with E-state index in [0.717, 1.165) is 0 Å². The summed E-state index contributed by atoms with van der Waals surface area (Å²) in [6, 6.07) is 9.58. The molecule has 2 aromatic carbocycles. The summed E-state index contributed by atoms with van der Waals surface area (Å²) < 4.78 is 15.6. The number of alkyl carbamates (subject to hydrolysis) is 1. The topological polar surface area (TPSA) is 103 Å². The van der Waals surface area contributed by atoms with E-state index in [1.807, 2.05) is 0 Å². The number of methoxy groups -OCH3 is 1. The molecule has 0 saturated heterocycles. The van der Waals surface area contributed by atoms with Gasteiger partial charge in [0.15, 0.2) is 6.29 Å². The van der Waals surface area contributed by atoms with Crippen LogP contribution < -0.4 is 15.4 Å². The minimum absolute atomic E-state index is 0.162. The fourth-order valence-electron chi connectivity index (χ4n) is 2.63. The molecule has 172 valence electrons. The summed E-state index contributed by atoms with van der Waals surface area (Å²) in [5.41, 5.74) is 0.980. The van der Waals surface area contributed by atoms with Crippen LogP contribution in [-0.2, 0) is 16.0 Å². The Kier molecular flexibility index (Phi) is 9.04. The number of ether oxygens (including phenoxy) is 3. The largest absolute Gasteiger partial charge is 0.490 e. The van der Waals surface area contributed by atoms with Crippen molar-refractivity contribution in [2.75, 3.05) is 25.6 Å². The van der Waals surface area contributed by atoms with E-state index in [1.54, 1.807) is 58.2 Å². The molecule has 9 heteroatoms. The van der Waals surface area contributed by atoms with Crippen molar-refractivity contribution in [3.8, 4) is 5.75 Å². The van der Waals surface area contributed by atoms with Crippen LogP contribution in [0.3, 0.4) is 0 Å². The zero-order valence-electron chi connectivity index (χ0n) is 18.5. The summed E-state index contributed by atoms with van der Waals surface area (Å²) in [6.07, 6.45) is 0.0842. The van der Waals surface area contributed by atoms with Gasteiger partial charge in [0.1, 0.15) is 18.0 Å². The number of hydrogen-bond acceptors (Lipinski definition) is 6. The molecule has 0 atom stereocenters. The number of halogens is 1. The molecule has 8 nitrogen and oxygen atoms in total. The van der Waals surface area contributed by atoms with Gasteiger partial charge in [-0.2, -0.15) is 0 Å². The van der Waals surface area contributed by atoms with Crippen LogP contribution in [0, 0.1) is 0 Å². The second-order valence-electron chi connectivity index (χ2n) is 7.84. The number of anilines is 1. The van der Waals surface area contributed by atoms with Crippen LogP contribution in [0.15, 0.2) is 36.4 Å². The van der Waals surface area contributed by atoms with Crippen LogP contribution >= 0.6 is 11.6 Å². The third-order valence-electron chi connectivity index (χ3n) is 4.05. The van der Waals surface area contributed by atoms with Crippen LogP contribution in [0.5, 0.6) is 5.75 Å². The molecule has 32 heavy (non-hydrogen) atoms. The summed E-state index contributed by atoms with van der Waals surface area (Å²) in [5.74, 6) is -0.0673. The maximum atomic E-state index is 12.8. The quantitative estimate of drug-likeness (QED) is 0.421. The Morgan fingerprint density at radius 1 is 1.09 bits per heavy atom. The minimum atomic E-state index is -0.611. The zero-order valence-corrected chi connectivity index (χ0v) is 19.2. The molecule has 2 aromatic rings. The SMILES string of the molecule is COCCOc1ccc(NC(=O)c2cc(CNC(=O)OC(C)(C)C)ccc2Cl)cc1C=O. The van der Waals surface area contributed by atoms with Crippen LogP contribution in [0.1, 0.15) is 47.1 Å². The Morgan fingerprint density at radius 2 is 1.84 bits per heavy atom. The summed E-state index contributed by atoms with van der Waals surface area (Å²) in [6.45, 7) is 6.15. The van der Waals surface area contributed by atoms with E-state index in [0.29, 0.717) is 42.1 Å². The Bertz CT molecular complexity index is 971. The number of hydrogen-bond donors (Lipinski definition) is 2. The van der Waals surface area contributed by atoms with E-state index >= 15 is 0 Å². The van der Waals surface area contributed by atoms with Gasteiger partial charge in [0.2, 0.25) is 0 Å². The lowest BCUT2D eigenvalue weighted by molar-refractivity contribution is 0.0523. The Balaban J connectivity index is 2.08. The first-order chi connectivity index (χ1) is 15.1. The molecule has 0 aliphatic carbocycles. The summed E-state index contributed by atoms with van der Waals surface area (Å²) >= 11 is 6.20. The van der Waals surface area contributed by atoms with Crippen LogP contribution in [0.25, 0.3) is 0 Å². The molecule has 0 heterocycles. The van der Waals surface area contributed by atoms with Gasteiger partial charge in [-0.05, 0) is 56.7 Å². The maximum Gasteiger partial charge on any atom is 0.407 e. The first kappa shape index (κ1) is 25.2. The summed E-state index contributed by atoms with van der Waals surface area (Å²) in [5, 5.41) is 5.60. The lowest BCUT2D eigenvalue weighted by Gasteiger charge is -2.19. The van der Waals surface area contributed by atoms with Crippen LogP contribution in [0.2, 0.25) is 5.02 Å². The first-order valence-corrected chi connectivity index (χ1v) is 10.3. The van der Waals surface area contributed by atoms with Crippen molar-refractivity contribution in [1.29, 1.82) is 0 Å². The van der Waals surface area contributed by atoms with Crippen LogP contribution in [-0.4, -0.2) is 44.2 Å². The number of rotatable bonds is 9. The lowest BCUT2D eigenvalue weighted by atomic mass is 10.1. The van der Waals surface area contributed by atoms with Crippen molar-refractivity contribution in [3.63, 3.8) is 0 Å². The predicted molar refractivity (Wildman–Crippen MR) is 122 cm³/mol. The molecular weight excluding hydrogens is 436 g/mol. The molecule has 0 aliphatic rings. The Hall–Kier alpha value is -3.10. The maximum absolute atomic E-state index is 12.8. The van der Waals surface area contributed by atoms with E-state index in [-0.39, 0.29) is 17.1 Å². The van der Waals surface area contributed by atoms with Gasteiger partial charge in [-0.25, -0.2) is 4.79 Å². The van der Waals surface area contributed by atoms with Gasteiger partial charge in [-0.1, -0.05) is 17.7 Å². The number of amides is 2. The van der Waals surface area contributed by atoms with Crippen molar-refractivity contribution >= 4 is 35.6 Å². The van der Waals surface area contributed by atoms with Gasteiger partial charge < -0.3 is 24.8 Å². The van der Waals surface area contributed by atoms with Crippen molar-refractivity contribution < 1.29 is 28.6 Å². The summed E-state index contributed by atoms with van der Waals surface area (Å²) in [7, 11) is 1.55. The van der Waals surface area contributed by atoms with Gasteiger partial charge >= 0.3 is 6.09 Å². The molecule has 0 unspecified atom stereocenters. The van der Waals surface area contributed by atoms with Gasteiger partial charge in [0.25, 0.3) is 5.91 Å². The Morgan fingerprint density at radius 3 is 2.50 bits per heavy atom. The second-order valence-corrected chi connectivity index (χ2v) is 8.24. The predicted octanol–water partition coefficient (Wildman–Crippen LogP) is 4.45. The van der Waals surface area contributed by atoms with Gasteiger partial charge in [-0.15, -0.1) is 0 Å². The zero-order chi connectivity index (χ0) is 23.7. The summed E-state index contributed by atoms with van der Waals surface area (Å²) in [4.78, 5) is 36.0. The van der Waals surface area contributed by atoms with Crippen molar-refractivity contribution in [2.45, 2.75) is 32.9 Å². The number of carbonyl (C=O) groups is 3. The lowest BCUT2D eigenvalue weighted by Crippen LogP contribution is -2.32. The van der Waals surface area contributed by atoms with E-state index < -0.39 is 17.6 Å². The highest BCUT2D eigenvalue weighted by Gasteiger charge is 2.17. The van der Waals surface area contributed by atoms with Gasteiger partial charge in [0.05, 0.1) is 22.8 Å². The smallest absolute Gasteiger partial charge is 0.407 e. The van der Waals surface area contributed by atoms with E-state index in [2.05, 4.69) is 10.6 Å². The highest BCUT2D eigenvalue weighted by Crippen LogP contribution is 2.24. The number of benzene rings is 2. The fraction of sp³-hybridized carbons (Fsp3) is 0.348. The molecule has 2 N–H and O–H groups in total. The van der Waals surface area contributed by atoms with Gasteiger partial charge in [0, 0.05) is 19.3 Å². The molecule has 0 radical (unpaired) electrons. The molecule has 2 amide bonds. The van der Waals surface area contributed by atoms with Crippen molar-refractivity contribution in [1.82, 2.24) is 5.32 Å². The van der Waals surface area contributed by atoms with E-state index in [4.69, 9.17) is 25.8 Å². The van der Waals surface area contributed by atoms with E-state index in [9.17, 15) is 14.4 Å². The monoisotopic (exact) mass is 462 g/mol. The molecular formula is C23H27ClN2O6. The minimum Gasteiger partial charge on any atom is -0.490 e. The third kappa shape index (κ3) is 7.86.